The average Bonchev–Trinajstić information content (AvgIpc) is 2.65. The molecule has 0 aliphatic carbocycles. The van der Waals surface area contributed by atoms with E-state index in [0.29, 0.717) is 18.5 Å². The van der Waals surface area contributed by atoms with Crippen molar-refractivity contribution in [2.24, 2.45) is 4.99 Å². The first-order valence-corrected chi connectivity index (χ1v) is 9.75. The van der Waals surface area contributed by atoms with Crippen molar-refractivity contribution in [1.82, 2.24) is 9.80 Å². The van der Waals surface area contributed by atoms with Gasteiger partial charge in [-0.25, -0.2) is 9.79 Å². The maximum absolute atomic E-state index is 11.5. The molecule has 0 saturated heterocycles. The summed E-state index contributed by atoms with van der Waals surface area (Å²) in [5, 5.41) is 36.7. The van der Waals surface area contributed by atoms with Gasteiger partial charge in [-0.1, -0.05) is 32.4 Å². The van der Waals surface area contributed by atoms with Crippen LogP contribution in [0.4, 0.5) is 0 Å². The van der Waals surface area contributed by atoms with Gasteiger partial charge in [-0.3, -0.25) is 24.2 Å². The number of aliphatic carboxylic acids is 4. The zero-order valence-corrected chi connectivity index (χ0v) is 17.9. The van der Waals surface area contributed by atoms with Crippen molar-refractivity contribution in [2.75, 3.05) is 32.7 Å². The molecule has 0 bridgehead atoms. The topological polar surface area (TPSA) is 168 Å². The van der Waals surface area contributed by atoms with E-state index in [1.807, 2.05) is 6.92 Å². The van der Waals surface area contributed by atoms with Gasteiger partial charge in [0, 0.05) is 19.1 Å². The molecule has 11 nitrogen and oxygen atoms in total. The number of carbonyl (C=O) groups is 4. The lowest BCUT2D eigenvalue weighted by Crippen LogP contribution is -2.49. The molecule has 0 heterocycles. The van der Waals surface area contributed by atoms with Gasteiger partial charge in [0.15, 0.2) is 0 Å². The predicted molar refractivity (Wildman–Crippen MR) is 113 cm³/mol. The van der Waals surface area contributed by atoms with Gasteiger partial charge in [0.05, 0.1) is 25.3 Å². The Morgan fingerprint density at radius 1 is 0.968 bits per heavy atom. The van der Waals surface area contributed by atoms with Crippen molar-refractivity contribution in [1.29, 1.82) is 0 Å². The number of carboxylic acid groups (broad SMARTS) is 4. The minimum absolute atomic E-state index is 0.0137. The van der Waals surface area contributed by atoms with Crippen LogP contribution in [0.15, 0.2) is 29.4 Å². The molecular weight excluding hydrogens is 410 g/mol. The van der Waals surface area contributed by atoms with Crippen LogP contribution in [0.2, 0.25) is 0 Å². The Hall–Kier alpha value is -3.05. The Bertz CT molecular complexity index is 701. The van der Waals surface area contributed by atoms with E-state index in [1.54, 1.807) is 13.0 Å². The van der Waals surface area contributed by atoms with Crippen molar-refractivity contribution < 1.29 is 39.6 Å². The Morgan fingerprint density at radius 3 is 1.90 bits per heavy atom. The van der Waals surface area contributed by atoms with Gasteiger partial charge in [-0.15, -0.1) is 0 Å². The summed E-state index contributed by atoms with van der Waals surface area (Å²) in [5.41, 5.74) is -0.00469. The van der Waals surface area contributed by atoms with Crippen LogP contribution in [0.25, 0.3) is 0 Å². The number of hydrogen-bond acceptors (Lipinski definition) is 7. The zero-order chi connectivity index (χ0) is 24.0. The van der Waals surface area contributed by atoms with E-state index in [4.69, 9.17) is 15.3 Å². The van der Waals surface area contributed by atoms with Gasteiger partial charge in [-0.2, -0.15) is 0 Å². The van der Waals surface area contributed by atoms with E-state index in [0.717, 1.165) is 12.5 Å². The van der Waals surface area contributed by atoms with E-state index in [2.05, 4.69) is 11.6 Å². The Morgan fingerprint density at radius 2 is 1.52 bits per heavy atom. The highest BCUT2D eigenvalue weighted by atomic mass is 16.4. The predicted octanol–water partition coefficient (Wildman–Crippen LogP) is 1.02. The molecule has 1 unspecified atom stereocenters. The van der Waals surface area contributed by atoms with Gasteiger partial charge >= 0.3 is 23.9 Å². The Balaban J connectivity index is 5.91. The molecule has 0 spiro atoms. The highest BCUT2D eigenvalue weighted by Crippen LogP contribution is 2.15. The lowest BCUT2D eigenvalue weighted by Gasteiger charge is -2.34. The smallest absolute Gasteiger partial charge is 0.354 e. The molecule has 0 saturated carbocycles. The van der Waals surface area contributed by atoms with Crippen molar-refractivity contribution in [3.63, 3.8) is 0 Å². The van der Waals surface area contributed by atoms with Gasteiger partial charge in [0.25, 0.3) is 0 Å². The minimum atomic E-state index is -1.28. The molecule has 31 heavy (non-hydrogen) atoms. The van der Waals surface area contributed by atoms with Crippen molar-refractivity contribution >= 4 is 29.6 Å². The van der Waals surface area contributed by atoms with Crippen LogP contribution >= 0.6 is 0 Å². The SMILES string of the molecule is C=CC(=N/C(=C\C)CN(CC(=O)O)C(CCCC)CN(CC(=O)O)CC(=O)O)C(=O)O. The molecule has 0 radical (unpaired) electrons. The second kappa shape index (κ2) is 14.9. The number of rotatable bonds is 17. The van der Waals surface area contributed by atoms with Crippen molar-refractivity contribution in [3.05, 3.63) is 24.4 Å². The molecular formula is C20H31N3O8. The van der Waals surface area contributed by atoms with E-state index in [1.165, 1.54) is 9.80 Å². The van der Waals surface area contributed by atoms with E-state index >= 15 is 0 Å². The highest BCUT2D eigenvalue weighted by molar-refractivity contribution is 6.40. The molecule has 0 aromatic heterocycles. The van der Waals surface area contributed by atoms with Crippen molar-refractivity contribution in [3.8, 4) is 0 Å². The summed E-state index contributed by atoms with van der Waals surface area (Å²) in [6.45, 7) is 5.54. The van der Waals surface area contributed by atoms with E-state index < -0.39 is 49.6 Å². The van der Waals surface area contributed by atoms with Crippen LogP contribution in [-0.4, -0.2) is 98.6 Å². The van der Waals surface area contributed by atoms with Crippen molar-refractivity contribution in [2.45, 2.75) is 39.2 Å². The van der Waals surface area contributed by atoms with Gasteiger partial charge in [-0.05, 0) is 19.4 Å². The van der Waals surface area contributed by atoms with Crippen LogP contribution in [0.1, 0.15) is 33.1 Å². The summed E-state index contributed by atoms with van der Waals surface area (Å²) in [6, 6.07) is -0.489. The maximum Gasteiger partial charge on any atom is 0.354 e. The number of aliphatic imine (C=N–C) groups is 1. The van der Waals surface area contributed by atoms with Gasteiger partial charge < -0.3 is 20.4 Å². The summed E-state index contributed by atoms with van der Waals surface area (Å²) in [7, 11) is 0. The summed E-state index contributed by atoms with van der Waals surface area (Å²) in [4.78, 5) is 51.8. The third kappa shape index (κ3) is 12.3. The molecule has 0 aromatic rings. The molecule has 11 heteroatoms. The van der Waals surface area contributed by atoms with Gasteiger partial charge in [0.2, 0.25) is 0 Å². The lowest BCUT2D eigenvalue weighted by molar-refractivity contribution is -0.143. The summed E-state index contributed by atoms with van der Waals surface area (Å²) in [5.74, 6) is -4.81. The van der Waals surface area contributed by atoms with Crippen LogP contribution < -0.4 is 0 Å². The number of unbranched alkanes of at least 4 members (excludes halogenated alkanes) is 1. The fourth-order valence-electron chi connectivity index (χ4n) is 2.92. The standard InChI is InChI=1S/C20H31N3O8/c1-4-7-8-15(10-22(11-17(24)25)12-18(26)27)23(13-19(28)29)9-14(5-2)21-16(6-3)20(30)31/h5-6,15H,3-4,7-13H2,1-2H3,(H,24,25)(H,26,27)(H,28,29)(H,30,31)/b14-5-,21-16?. The van der Waals surface area contributed by atoms with E-state index in [9.17, 15) is 24.3 Å². The molecule has 0 aromatic carbocycles. The monoisotopic (exact) mass is 441 g/mol. The first-order valence-electron chi connectivity index (χ1n) is 9.75. The fraction of sp³-hybridized carbons (Fsp3) is 0.550. The minimum Gasteiger partial charge on any atom is -0.480 e. The summed E-state index contributed by atoms with van der Waals surface area (Å²) in [6.07, 6.45) is 4.61. The second-order valence-corrected chi connectivity index (χ2v) is 6.84. The molecule has 174 valence electrons. The largest absolute Gasteiger partial charge is 0.480 e. The van der Waals surface area contributed by atoms with E-state index in [-0.39, 0.29) is 18.8 Å². The molecule has 0 rings (SSSR count). The van der Waals surface area contributed by atoms with Crippen LogP contribution in [0.5, 0.6) is 0 Å². The third-order valence-corrected chi connectivity index (χ3v) is 4.31. The quantitative estimate of drug-likeness (QED) is 0.239. The first-order chi connectivity index (χ1) is 14.5. The highest BCUT2D eigenvalue weighted by Gasteiger charge is 2.26. The number of nitrogens with zero attached hydrogens (tertiary/aromatic N) is 3. The normalized spacial score (nSPS) is 13.3. The molecule has 0 amide bonds. The first kappa shape index (κ1) is 27.9. The number of hydrogen-bond donors (Lipinski definition) is 4. The Kier molecular flexibility index (Phi) is 13.4. The average molecular weight is 441 g/mol. The molecule has 0 fully saturated rings. The van der Waals surface area contributed by atoms with Crippen LogP contribution in [-0.2, 0) is 19.2 Å². The van der Waals surface area contributed by atoms with Gasteiger partial charge in [0.1, 0.15) is 5.71 Å². The number of allylic oxidation sites excluding steroid dienone is 1. The van der Waals surface area contributed by atoms with Crippen LogP contribution in [0, 0.1) is 0 Å². The van der Waals surface area contributed by atoms with Crippen LogP contribution in [0.3, 0.4) is 0 Å². The maximum atomic E-state index is 11.5. The Labute approximate surface area is 181 Å². The molecule has 1 atom stereocenters. The summed E-state index contributed by atoms with van der Waals surface area (Å²) >= 11 is 0. The number of carboxylic acids is 4. The lowest BCUT2D eigenvalue weighted by atomic mass is 10.1. The molecule has 4 N–H and O–H groups in total. The second-order valence-electron chi connectivity index (χ2n) is 6.84. The zero-order valence-electron chi connectivity index (χ0n) is 17.9. The third-order valence-electron chi connectivity index (χ3n) is 4.31. The molecule has 0 aliphatic heterocycles. The summed E-state index contributed by atoms with van der Waals surface area (Å²) < 4.78 is 0. The molecule has 0 aliphatic rings. The fourth-order valence-corrected chi connectivity index (χ4v) is 2.92.